The van der Waals surface area contributed by atoms with Crippen LogP contribution in [0.4, 0.5) is 0 Å². The highest BCUT2D eigenvalue weighted by atomic mass is 32.2. The SMILES string of the molecule is CCNS(=O)(=O)NCC(C)(C)C. The molecule has 0 aliphatic rings. The molecule has 0 radical (unpaired) electrons. The molecule has 0 aliphatic carbocycles. The van der Waals surface area contributed by atoms with E-state index in [1.165, 1.54) is 0 Å². The van der Waals surface area contributed by atoms with E-state index in [0.29, 0.717) is 13.1 Å². The molecule has 0 aromatic carbocycles. The molecule has 12 heavy (non-hydrogen) atoms. The number of hydrogen-bond donors (Lipinski definition) is 2. The molecule has 2 N–H and O–H groups in total. The van der Waals surface area contributed by atoms with Crippen LogP contribution in [-0.2, 0) is 10.2 Å². The van der Waals surface area contributed by atoms with Gasteiger partial charge in [0.15, 0.2) is 0 Å². The second-order valence-electron chi connectivity index (χ2n) is 3.88. The Balaban J connectivity index is 3.94. The van der Waals surface area contributed by atoms with E-state index in [-0.39, 0.29) is 5.41 Å². The van der Waals surface area contributed by atoms with E-state index in [2.05, 4.69) is 9.44 Å². The first-order valence-corrected chi connectivity index (χ1v) is 5.49. The van der Waals surface area contributed by atoms with Gasteiger partial charge in [0.05, 0.1) is 0 Å². The fraction of sp³-hybridized carbons (Fsp3) is 1.00. The normalized spacial score (nSPS) is 13.3. The van der Waals surface area contributed by atoms with Crippen molar-refractivity contribution in [3.05, 3.63) is 0 Å². The minimum Gasteiger partial charge on any atom is -0.203 e. The summed E-state index contributed by atoms with van der Waals surface area (Å²) in [7, 11) is -3.26. The summed E-state index contributed by atoms with van der Waals surface area (Å²) in [6.07, 6.45) is 0. The van der Waals surface area contributed by atoms with Gasteiger partial charge in [-0.1, -0.05) is 27.7 Å². The summed E-state index contributed by atoms with van der Waals surface area (Å²) in [5.74, 6) is 0. The maximum Gasteiger partial charge on any atom is 0.276 e. The molecule has 0 heterocycles. The molecule has 0 rings (SSSR count). The lowest BCUT2D eigenvalue weighted by Crippen LogP contribution is -2.40. The maximum absolute atomic E-state index is 11.1. The third-order valence-corrected chi connectivity index (χ3v) is 2.32. The fourth-order valence-electron chi connectivity index (χ4n) is 0.553. The van der Waals surface area contributed by atoms with Crippen molar-refractivity contribution in [2.24, 2.45) is 5.41 Å². The minimum atomic E-state index is -3.26. The summed E-state index contributed by atoms with van der Waals surface area (Å²) in [5.41, 5.74) is -0.0253. The third kappa shape index (κ3) is 6.57. The van der Waals surface area contributed by atoms with Crippen LogP contribution in [0.3, 0.4) is 0 Å². The Labute approximate surface area is 74.9 Å². The van der Waals surface area contributed by atoms with Crippen molar-refractivity contribution in [1.29, 1.82) is 0 Å². The van der Waals surface area contributed by atoms with Crippen LogP contribution in [0.2, 0.25) is 0 Å². The molecule has 5 heteroatoms. The predicted molar refractivity (Wildman–Crippen MR) is 50.1 cm³/mol. The average Bonchev–Trinajstić information content (AvgIpc) is 1.83. The molecule has 0 saturated heterocycles. The van der Waals surface area contributed by atoms with Gasteiger partial charge in [-0.05, 0) is 5.41 Å². The molecule has 0 saturated carbocycles. The van der Waals surface area contributed by atoms with Crippen molar-refractivity contribution in [3.63, 3.8) is 0 Å². The van der Waals surface area contributed by atoms with Gasteiger partial charge in [0, 0.05) is 13.1 Å². The van der Waals surface area contributed by atoms with E-state index in [0.717, 1.165) is 0 Å². The molecular formula is C7H18N2O2S. The van der Waals surface area contributed by atoms with E-state index >= 15 is 0 Å². The van der Waals surface area contributed by atoms with E-state index in [1.807, 2.05) is 20.8 Å². The van der Waals surface area contributed by atoms with Gasteiger partial charge in [-0.3, -0.25) is 0 Å². The number of rotatable bonds is 4. The Morgan fingerprint density at radius 2 is 1.67 bits per heavy atom. The summed E-state index contributed by atoms with van der Waals surface area (Å²) in [4.78, 5) is 0. The monoisotopic (exact) mass is 194 g/mol. The van der Waals surface area contributed by atoms with Crippen molar-refractivity contribution < 1.29 is 8.42 Å². The van der Waals surface area contributed by atoms with Crippen LogP contribution in [0.5, 0.6) is 0 Å². The first-order chi connectivity index (χ1) is 5.27. The average molecular weight is 194 g/mol. The van der Waals surface area contributed by atoms with Crippen LogP contribution in [0.1, 0.15) is 27.7 Å². The van der Waals surface area contributed by atoms with Gasteiger partial charge in [0.2, 0.25) is 0 Å². The van der Waals surface area contributed by atoms with Gasteiger partial charge < -0.3 is 0 Å². The lowest BCUT2D eigenvalue weighted by Gasteiger charge is -2.18. The highest BCUT2D eigenvalue weighted by Gasteiger charge is 2.14. The number of nitrogens with one attached hydrogen (secondary N) is 2. The Morgan fingerprint density at radius 3 is 2.00 bits per heavy atom. The van der Waals surface area contributed by atoms with Crippen molar-refractivity contribution in [2.45, 2.75) is 27.7 Å². The molecular weight excluding hydrogens is 176 g/mol. The Kier molecular flexibility index (Phi) is 4.16. The summed E-state index contributed by atoms with van der Waals surface area (Å²) >= 11 is 0. The van der Waals surface area contributed by atoms with Gasteiger partial charge >= 0.3 is 0 Å². The summed E-state index contributed by atoms with van der Waals surface area (Å²) in [6, 6.07) is 0. The standard InChI is InChI=1S/C7H18N2O2S/c1-5-8-12(10,11)9-6-7(2,3)4/h8-9H,5-6H2,1-4H3. The molecule has 0 fully saturated rings. The second kappa shape index (κ2) is 4.20. The quantitative estimate of drug-likeness (QED) is 0.683. The van der Waals surface area contributed by atoms with Crippen molar-refractivity contribution >= 4 is 10.2 Å². The molecule has 0 spiro atoms. The summed E-state index contributed by atoms with van der Waals surface area (Å²) in [6.45, 7) is 8.53. The van der Waals surface area contributed by atoms with Gasteiger partial charge in [0.1, 0.15) is 0 Å². The smallest absolute Gasteiger partial charge is 0.203 e. The van der Waals surface area contributed by atoms with Crippen molar-refractivity contribution in [2.75, 3.05) is 13.1 Å². The highest BCUT2D eigenvalue weighted by Crippen LogP contribution is 2.10. The highest BCUT2D eigenvalue weighted by molar-refractivity contribution is 7.87. The zero-order valence-corrected chi connectivity index (χ0v) is 8.96. The molecule has 0 aliphatic heterocycles. The van der Waals surface area contributed by atoms with E-state index in [1.54, 1.807) is 6.92 Å². The maximum atomic E-state index is 11.1. The van der Waals surface area contributed by atoms with Crippen LogP contribution >= 0.6 is 0 Å². The van der Waals surface area contributed by atoms with Gasteiger partial charge in [-0.15, -0.1) is 0 Å². The van der Waals surface area contributed by atoms with Crippen LogP contribution in [0.25, 0.3) is 0 Å². The largest absolute Gasteiger partial charge is 0.276 e. The van der Waals surface area contributed by atoms with E-state index < -0.39 is 10.2 Å². The molecule has 0 aromatic rings. The van der Waals surface area contributed by atoms with Crippen LogP contribution in [-0.4, -0.2) is 21.5 Å². The second-order valence-corrected chi connectivity index (χ2v) is 5.47. The molecule has 0 amide bonds. The Bertz CT molecular complexity index is 216. The lowest BCUT2D eigenvalue weighted by molar-refractivity contribution is 0.406. The molecule has 0 atom stereocenters. The molecule has 0 aromatic heterocycles. The topological polar surface area (TPSA) is 58.2 Å². The lowest BCUT2D eigenvalue weighted by atomic mass is 9.98. The van der Waals surface area contributed by atoms with Crippen LogP contribution in [0, 0.1) is 5.41 Å². The predicted octanol–water partition coefficient (Wildman–Crippen LogP) is 0.476. The van der Waals surface area contributed by atoms with Gasteiger partial charge in [-0.2, -0.15) is 8.42 Å². The zero-order chi connectivity index (χ0) is 9.83. The summed E-state index contributed by atoms with van der Waals surface area (Å²) in [5, 5.41) is 0. The van der Waals surface area contributed by atoms with Crippen molar-refractivity contribution in [1.82, 2.24) is 9.44 Å². The molecule has 0 bridgehead atoms. The molecule has 4 nitrogen and oxygen atoms in total. The summed E-state index contributed by atoms with van der Waals surface area (Å²) < 4.78 is 26.9. The van der Waals surface area contributed by atoms with Gasteiger partial charge in [-0.25, -0.2) is 9.44 Å². The first-order valence-electron chi connectivity index (χ1n) is 4.01. The van der Waals surface area contributed by atoms with E-state index in [4.69, 9.17) is 0 Å². The Morgan fingerprint density at radius 1 is 1.17 bits per heavy atom. The van der Waals surface area contributed by atoms with Crippen LogP contribution in [0.15, 0.2) is 0 Å². The van der Waals surface area contributed by atoms with E-state index in [9.17, 15) is 8.42 Å². The van der Waals surface area contributed by atoms with Crippen molar-refractivity contribution in [3.8, 4) is 0 Å². The fourth-order valence-corrected chi connectivity index (χ4v) is 1.66. The number of hydrogen-bond acceptors (Lipinski definition) is 2. The first kappa shape index (κ1) is 11.9. The third-order valence-electron chi connectivity index (χ3n) is 1.13. The Hall–Kier alpha value is -0.130. The van der Waals surface area contributed by atoms with Crippen LogP contribution < -0.4 is 9.44 Å². The molecule has 0 unspecified atom stereocenters. The minimum absolute atomic E-state index is 0.0253. The zero-order valence-electron chi connectivity index (χ0n) is 8.14. The molecule has 74 valence electrons. The van der Waals surface area contributed by atoms with Gasteiger partial charge in [0.25, 0.3) is 10.2 Å².